The Morgan fingerprint density at radius 3 is 2.65 bits per heavy atom. The second kappa shape index (κ2) is 7.81. The van der Waals surface area contributed by atoms with Crippen LogP contribution in [0.25, 0.3) is 0 Å². The molecule has 1 amide bonds. The van der Waals surface area contributed by atoms with Crippen LogP contribution in [0, 0.1) is 11.3 Å². The molecule has 132 valence electrons. The number of rotatable bonds is 3. The van der Waals surface area contributed by atoms with Crippen molar-refractivity contribution in [1.29, 1.82) is 5.26 Å². The van der Waals surface area contributed by atoms with E-state index in [9.17, 15) is 10.1 Å². The van der Waals surface area contributed by atoms with Gasteiger partial charge in [0.25, 0.3) is 5.91 Å². The van der Waals surface area contributed by atoms with Crippen LogP contribution < -0.4 is 5.32 Å². The summed E-state index contributed by atoms with van der Waals surface area (Å²) in [5.74, 6) is 0.622. The lowest BCUT2D eigenvalue weighted by Crippen LogP contribution is -2.46. The fourth-order valence-corrected chi connectivity index (χ4v) is 2.76. The Kier molecular flexibility index (Phi) is 5.30. The molecule has 1 aliphatic rings. The highest BCUT2D eigenvalue weighted by atomic mass is 16.1. The molecule has 0 spiro atoms. The highest BCUT2D eigenvalue weighted by Crippen LogP contribution is 2.23. The molecule has 0 atom stereocenters. The molecule has 2 aromatic rings. The van der Waals surface area contributed by atoms with Crippen LogP contribution in [-0.4, -0.2) is 55.3 Å². The lowest BCUT2D eigenvalue weighted by Gasteiger charge is -2.32. The van der Waals surface area contributed by atoms with Gasteiger partial charge in [-0.05, 0) is 37.4 Å². The third-order valence-corrected chi connectivity index (χ3v) is 4.32. The van der Waals surface area contributed by atoms with E-state index in [-0.39, 0.29) is 5.91 Å². The van der Waals surface area contributed by atoms with Crippen molar-refractivity contribution in [2.45, 2.75) is 0 Å². The number of nitrogens with one attached hydrogen (secondary N) is 1. The molecule has 1 fully saturated rings. The van der Waals surface area contributed by atoms with Crippen molar-refractivity contribution in [2.24, 2.45) is 4.99 Å². The van der Waals surface area contributed by atoms with Gasteiger partial charge in [-0.1, -0.05) is 18.2 Å². The monoisotopic (exact) mass is 347 g/mol. The molecule has 6 heteroatoms. The van der Waals surface area contributed by atoms with Gasteiger partial charge in [-0.25, -0.2) is 4.99 Å². The lowest BCUT2D eigenvalue weighted by molar-refractivity contribution is 0.102. The number of hydrogen-bond acceptors (Lipinski definition) is 4. The zero-order valence-electron chi connectivity index (χ0n) is 14.9. The number of piperazine rings is 1. The number of likely N-dealkylation sites (N-methyl/N-ethyl adjacent to an activating group) is 2. The molecule has 3 rings (SSSR count). The van der Waals surface area contributed by atoms with Crippen LogP contribution in [0.4, 0.5) is 11.4 Å². The summed E-state index contributed by atoms with van der Waals surface area (Å²) in [7, 11) is 4.05. The molecule has 1 aliphatic heterocycles. The van der Waals surface area contributed by atoms with Crippen LogP contribution >= 0.6 is 0 Å². The van der Waals surface area contributed by atoms with E-state index < -0.39 is 0 Å². The Balaban J connectivity index is 1.95. The second-order valence-electron chi connectivity index (χ2n) is 6.35. The lowest BCUT2D eigenvalue weighted by atomic mass is 10.1. The minimum absolute atomic E-state index is 0.278. The molecule has 1 heterocycles. The topological polar surface area (TPSA) is 71.7 Å². The number of amides is 1. The number of carbonyl (C=O) groups is 1. The quantitative estimate of drug-likeness (QED) is 0.927. The van der Waals surface area contributed by atoms with Crippen molar-refractivity contribution in [3.63, 3.8) is 0 Å². The molecule has 6 nitrogen and oxygen atoms in total. The van der Waals surface area contributed by atoms with Crippen LogP contribution in [0.5, 0.6) is 0 Å². The first-order valence-electron chi connectivity index (χ1n) is 8.44. The van der Waals surface area contributed by atoms with E-state index in [1.165, 1.54) is 0 Å². The van der Waals surface area contributed by atoms with Gasteiger partial charge in [0.15, 0.2) is 0 Å². The standard InChI is InChI=1S/C20H21N5O/c1-24-10-11-25(2)19(14-24)23-18-9-8-15(13-21)12-17(18)20(26)22-16-6-4-3-5-7-16/h3-9,12H,10-11,14H2,1-2H3,(H,22,26). The van der Waals surface area contributed by atoms with Gasteiger partial charge < -0.3 is 10.2 Å². The molecule has 0 bridgehead atoms. The van der Waals surface area contributed by atoms with Gasteiger partial charge in [-0.15, -0.1) is 0 Å². The molecular formula is C20H21N5O. The largest absolute Gasteiger partial charge is 0.361 e. The molecule has 0 unspecified atom stereocenters. The summed E-state index contributed by atoms with van der Waals surface area (Å²) in [4.78, 5) is 21.8. The predicted molar refractivity (Wildman–Crippen MR) is 103 cm³/mol. The van der Waals surface area contributed by atoms with Crippen LogP contribution in [0.2, 0.25) is 0 Å². The van der Waals surface area contributed by atoms with Crippen molar-refractivity contribution in [3.05, 3.63) is 59.7 Å². The van der Waals surface area contributed by atoms with Crippen LogP contribution in [-0.2, 0) is 0 Å². The SMILES string of the molecule is CN1CCN(C)C(=Nc2ccc(C#N)cc2C(=O)Nc2ccccc2)C1. The third-order valence-electron chi connectivity index (χ3n) is 4.32. The fraction of sp³-hybridized carbons (Fsp3) is 0.250. The Bertz CT molecular complexity index is 870. The molecule has 2 aromatic carbocycles. The van der Waals surface area contributed by atoms with E-state index >= 15 is 0 Å². The summed E-state index contributed by atoms with van der Waals surface area (Å²) in [5, 5.41) is 12.1. The van der Waals surface area contributed by atoms with E-state index in [0.29, 0.717) is 22.5 Å². The molecule has 0 saturated carbocycles. The Hall–Kier alpha value is -3.17. The second-order valence-corrected chi connectivity index (χ2v) is 6.35. The fourth-order valence-electron chi connectivity index (χ4n) is 2.76. The minimum atomic E-state index is -0.278. The molecule has 26 heavy (non-hydrogen) atoms. The molecule has 1 saturated heterocycles. The normalized spacial score (nSPS) is 16.3. The maximum absolute atomic E-state index is 12.8. The number of carbonyl (C=O) groups excluding carboxylic acids is 1. The summed E-state index contributed by atoms with van der Waals surface area (Å²) in [6, 6.07) is 16.3. The van der Waals surface area contributed by atoms with Gasteiger partial charge in [-0.2, -0.15) is 5.26 Å². The Morgan fingerprint density at radius 2 is 1.92 bits per heavy atom. The maximum atomic E-state index is 12.8. The summed E-state index contributed by atoms with van der Waals surface area (Å²) in [6.45, 7) is 2.58. The van der Waals surface area contributed by atoms with Crippen molar-refractivity contribution in [3.8, 4) is 6.07 Å². The summed E-state index contributed by atoms with van der Waals surface area (Å²) in [6.07, 6.45) is 0. The van der Waals surface area contributed by atoms with Gasteiger partial charge in [0, 0.05) is 25.8 Å². The van der Waals surface area contributed by atoms with Crippen molar-refractivity contribution >= 4 is 23.1 Å². The third kappa shape index (κ3) is 4.08. The van der Waals surface area contributed by atoms with E-state index in [0.717, 1.165) is 25.5 Å². The van der Waals surface area contributed by atoms with E-state index in [1.54, 1.807) is 18.2 Å². The van der Waals surface area contributed by atoms with Gasteiger partial charge in [0.1, 0.15) is 5.84 Å². The molecular weight excluding hydrogens is 326 g/mol. The smallest absolute Gasteiger partial charge is 0.257 e. The van der Waals surface area contributed by atoms with Crippen molar-refractivity contribution < 1.29 is 4.79 Å². The number of nitrogens with zero attached hydrogens (tertiary/aromatic N) is 4. The summed E-state index contributed by atoms with van der Waals surface area (Å²) in [5.41, 5.74) is 2.09. The van der Waals surface area contributed by atoms with Crippen LogP contribution in [0.15, 0.2) is 53.5 Å². The molecule has 0 aromatic heterocycles. The molecule has 0 radical (unpaired) electrons. The minimum Gasteiger partial charge on any atom is -0.361 e. The number of hydrogen-bond donors (Lipinski definition) is 1. The highest BCUT2D eigenvalue weighted by Gasteiger charge is 2.19. The van der Waals surface area contributed by atoms with Gasteiger partial charge >= 0.3 is 0 Å². The average Bonchev–Trinajstić information content (AvgIpc) is 2.65. The molecule has 0 aliphatic carbocycles. The first-order chi connectivity index (χ1) is 12.6. The molecule has 1 N–H and O–H groups in total. The summed E-state index contributed by atoms with van der Waals surface area (Å²) < 4.78 is 0. The Morgan fingerprint density at radius 1 is 1.15 bits per heavy atom. The first kappa shape index (κ1) is 17.6. The number of anilines is 1. The Labute approximate surface area is 153 Å². The number of amidine groups is 1. The number of benzene rings is 2. The summed E-state index contributed by atoms with van der Waals surface area (Å²) >= 11 is 0. The first-order valence-corrected chi connectivity index (χ1v) is 8.44. The van der Waals surface area contributed by atoms with Gasteiger partial charge in [-0.3, -0.25) is 9.69 Å². The average molecular weight is 347 g/mol. The van der Waals surface area contributed by atoms with E-state index in [1.807, 2.05) is 44.4 Å². The van der Waals surface area contributed by atoms with Crippen molar-refractivity contribution in [2.75, 3.05) is 39.0 Å². The van der Waals surface area contributed by atoms with Crippen LogP contribution in [0.3, 0.4) is 0 Å². The predicted octanol–water partition coefficient (Wildman–Crippen LogP) is 2.72. The zero-order chi connectivity index (χ0) is 18.5. The number of nitriles is 1. The number of para-hydroxylation sites is 1. The zero-order valence-corrected chi connectivity index (χ0v) is 14.9. The van der Waals surface area contributed by atoms with Crippen LogP contribution in [0.1, 0.15) is 15.9 Å². The van der Waals surface area contributed by atoms with Gasteiger partial charge in [0.05, 0.1) is 29.4 Å². The maximum Gasteiger partial charge on any atom is 0.257 e. The number of aliphatic imine (C=N–C) groups is 1. The van der Waals surface area contributed by atoms with Crippen molar-refractivity contribution in [1.82, 2.24) is 9.80 Å². The highest BCUT2D eigenvalue weighted by molar-refractivity contribution is 6.08. The van der Waals surface area contributed by atoms with E-state index in [4.69, 9.17) is 4.99 Å². The van der Waals surface area contributed by atoms with E-state index in [2.05, 4.69) is 21.2 Å². The van der Waals surface area contributed by atoms with Gasteiger partial charge in [0.2, 0.25) is 0 Å².